The van der Waals surface area contributed by atoms with Gasteiger partial charge in [0.25, 0.3) is 0 Å². The predicted octanol–water partition coefficient (Wildman–Crippen LogP) is 2.98. The van der Waals surface area contributed by atoms with Crippen molar-refractivity contribution in [2.75, 3.05) is 20.3 Å². The van der Waals surface area contributed by atoms with Gasteiger partial charge < -0.3 is 10.1 Å². The molecule has 0 spiro atoms. The highest BCUT2D eigenvalue weighted by Crippen LogP contribution is 2.25. The quantitative estimate of drug-likeness (QED) is 0.629. The molecule has 1 heterocycles. The molecule has 1 N–H and O–H groups in total. The van der Waals surface area contributed by atoms with Crippen molar-refractivity contribution in [3.05, 3.63) is 47.3 Å². The molecule has 0 unspecified atom stereocenters. The molecule has 0 bridgehead atoms. The van der Waals surface area contributed by atoms with E-state index in [-0.39, 0.29) is 0 Å². The van der Waals surface area contributed by atoms with Crippen molar-refractivity contribution in [2.45, 2.75) is 30.4 Å². The van der Waals surface area contributed by atoms with Crippen molar-refractivity contribution in [1.82, 2.24) is 15.3 Å². The van der Waals surface area contributed by atoms with Gasteiger partial charge in [0.15, 0.2) is 5.16 Å². The zero-order valence-corrected chi connectivity index (χ0v) is 13.5. The normalized spacial score (nSPS) is 10.8. The van der Waals surface area contributed by atoms with Crippen LogP contribution in [0, 0.1) is 13.8 Å². The van der Waals surface area contributed by atoms with Gasteiger partial charge in [-0.3, -0.25) is 0 Å². The summed E-state index contributed by atoms with van der Waals surface area (Å²) in [5.41, 5.74) is 3.67. The Morgan fingerprint density at radius 1 is 1.14 bits per heavy atom. The molecule has 4 nitrogen and oxygen atoms in total. The Morgan fingerprint density at radius 2 is 1.90 bits per heavy atom. The highest BCUT2D eigenvalue weighted by molar-refractivity contribution is 7.99. The second-order valence-electron chi connectivity index (χ2n) is 4.89. The number of aryl methyl sites for hydroxylation is 2. The lowest BCUT2D eigenvalue weighted by atomic mass is 10.1. The fourth-order valence-electron chi connectivity index (χ4n) is 1.78. The molecule has 0 aliphatic heterocycles. The Morgan fingerprint density at radius 3 is 2.57 bits per heavy atom. The van der Waals surface area contributed by atoms with Gasteiger partial charge in [-0.1, -0.05) is 6.07 Å². The summed E-state index contributed by atoms with van der Waals surface area (Å²) in [7, 11) is 1.70. The molecule has 0 saturated heterocycles. The molecular weight excluding hydrogens is 282 g/mol. The maximum absolute atomic E-state index is 4.99. The van der Waals surface area contributed by atoms with E-state index in [4.69, 9.17) is 4.74 Å². The van der Waals surface area contributed by atoms with Crippen LogP contribution in [0.25, 0.3) is 0 Å². The van der Waals surface area contributed by atoms with E-state index < -0.39 is 0 Å². The van der Waals surface area contributed by atoms with Gasteiger partial charge in [0.05, 0.1) is 6.61 Å². The highest BCUT2D eigenvalue weighted by Gasteiger charge is 2.02. The van der Waals surface area contributed by atoms with Crippen molar-refractivity contribution >= 4 is 11.8 Å². The fourth-order valence-corrected chi connectivity index (χ4v) is 2.57. The monoisotopic (exact) mass is 303 g/mol. The van der Waals surface area contributed by atoms with Crippen LogP contribution in [0.3, 0.4) is 0 Å². The van der Waals surface area contributed by atoms with E-state index in [1.165, 1.54) is 16.0 Å². The lowest BCUT2D eigenvalue weighted by Crippen LogP contribution is -2.18. The second-order valence-corrected chi connectivity index (χ2v) is 5.93. The highest BCUT2D eigenvalue weighted by atomic mass is 32.2. The van der Waals surface area contributed by atoms with Gasteiger partial charge in [0.2, 0.25) is 0 Å². The molecule has 1 aromatic carbocycles. The van der Waals surface area contributed by atoms with Gasteiger partial charge >= 0.3 is 0 Å². The van der Waals surface area contributed by atoms with Crippen LogP contribution in [-0.4, -0.2) is 30.2 Å². The molecule has 21 heavy (non-hydrogen) atoms. The first-order valence-corrected chi connectivity index (χ1v) is 7.76. The van der Waals surface area contributed by atoms with E-state index in [1.54, 1.807) is 18.9 Å². The minimum Gasteiger partial charge on any atom is -0.383 e. The lowest BCUT2D eigenvalue weighted by Gasteiger charge is -2.06. The van der Waals surface area contributed by atoms with Crippen molar-refractivity contribution in [1.29, 1.82) is 0 Å². The molecule has 0 aliphatic carbocycles. The first kappa shape index (κ1) is 15.9. The molecule has 0 aliphatic rings. The fraction of sp³-hybridized carbons (Fsp3) is 0.375. The molecule has 0 radical (unpaired) electrons. The first-order valence-electron chi connectivity index (χ1n) is 6.94. The zero-order valence-electron chi connectivity index (χ0n) is 12.7. The number of rotatable bonds is 7. The molecule has 0 atom stereocenters. The molecule has 0 amide bonds. The largest absolute Gasteiger partial charge is 0.383 e. The van der Waals surface area contributed by atoms with E-state index in [2.05, 4.69) is 47.3 Å². The van der Waals surface area contributed by atoms with Crippen molar-refractivity contribution in [2.24, 2.45) is 0 Å². The van der Waals surface area contributed by atoms with E-state index >= 15 is 0 Å². The number of nitrogens with one attached hydrogen (secondary N) is 1. The molecule has 1 aromatic heterocycles. The summed E-state index contributed by atoms with van der Waals surface area (Å²) in [6, 6.07) is 6.41. The van der Waals surface area contributed by atoms with Crippen LogP contribution in [0.5, 0.6) is 0 Å². The number of nitrogens with zero attached hydrogens (tertiary/aromatic N) is 2. The summed E-state index contributed by atoms with van der Waals surface area (Å²) in [6.07, 6.45) is 3.74. The van der Waals surface area contributed by atoms with E-state index in [0.29, 0.717) is 6.61 Å². The lowest BCUT2D eigenvalue weighted by molar-refractivity contribution is 0.199. The Hall–Kier alpha value is -1.43. The topological polar surface area (TPSA) is 47.0 Å². The van der Waals surface area contributed by atoms with Crippen molar-refractivity contribution < 1.29 is 4.74 Å². The maximum atomic E-state index is 4.99. The number of benzene rings is 1. The van der Waals surface area contributed by atoms with Crippen LogP contribution in [-0.2, 0) is 11.3 Å². The van der Waals surface area contributed by atoms with Gasteiger partial charge in [-0.15, -0.1) is 0 Å². The molecule has 0 fully saturated rings. The minimum absolute atomic E-state index is 0.710. The molecule has 2 rings (SSSR count). The van der Waals surface area contributed by atoms with Crippen LogP contribution in [0.2, 0.25) is 0 Å². The van der Waals surface area contributed by atoms with Gasteiger partial charge in [-0.2, -0.15) is 0 Å². The molecule has 0 saturated carbocycles. The van der Waals surface area contributed by atoms with Crippen molar-refractivity contribution in [3.63, 3.8) is 0 Å². The average Bonchev–Trinajstić information content (AvgIpc) is 2.49. The smallest absolute Gasteiger partial charge is 0.192 e. The van der Waals surface area contributed by atoms with E-state index in [9.17, 15) is 0 Å². The zero-order chi connectivity index (χ0) is 15.1. The van der Waals surface area contributed by atoms with E-state index in [0.717, 1.165) is 23.8 Å². The summed E-state index contributed by atoms with van der Waals surface area (Å²) in [6.45, 7) is 6.54. The SMILES string of the molecule is COCCNCc1cnc(Sc2ccc(C)c(C)c2)nc1. The maximum Gasteiger partial charge on any atom is 0.192 e. The number of hydrogen-bond donors (Lipinski definition) is 1. The molecule has 112 valence electrons. The van der Waals surface area contributed by atoms with Gasteiger partial charge in [-0.25, -0.2) is 9.97 Å². The van der Waals surface area contributed by atoms with Crippen LogP contribution < -0.4 is 5.32 Å². The average molecular weight is 303 g/mol. The van der Waals surface area contributed by atoms with Crippen LogP contribution >= 0.6 is 11.8 Å². The summed E-state index contributed by atoms with van der Waals surface area (Å²) in [5, 5.41) is 4.05. The van der Waals surface area contributed by atoms with Crippen LogP contribution in [0.4, 0.5) is 0 Å². The third-order valence-electron chi connectivity index (χ3n) is 3.18. The third kappa shape index (κ3) is 5.12. The standard InChI is InChI=1S/C16H21N3OS/c1-12-4-5-15(8-13(12)2)21-16-18-10-14(11-19-16)9-17-6-7-20-3/h4-5,8,10-11,17H,6-7,9H2,1-3H3. The Bertz CT molecular complexity index is 572. The molecule has 2 aromatic rings. The van der Waals surface area contributed by atoms with Gasteiger partial charge in [0, 0.05) is 43.1 Å². The minimum atomic E-state index is 0.710. The number of aromatic nitrogens is 2. The predicted molar refractivity (Wildman–Crippen MR) is 85.7 cm³/mol. The summed E-state index contributed by atoms with van der Waals surface area (Å²) in [5.74, 6) is 0. The number of methoxy groups -OCH3 is 1. The second kappa shape index (κ2) is 8.12. The Labute approximate surface area is 130 Å². The van der Waals surface area contributed by atoms with Crippen LogP contribution in [0.15, 0.2) is 40.6 Å². The van der Waals surface area contributed by atoms with Gasteiger partial charge in [0.1, 0.15) is 0 Å². The van der Waals surface area contributed by atoms with Crippen LogP contribution in [0.1, 0.15) is 16.7 Å². The Kier molecular flexibility index (Phi) is 6.17. The molecular formula is C16H21N3OS. The summed E-state index contributed by atoms with van der Waals surface area (Å²) >= 11 is 1.59. The molecule has 5 heteroatoms. The number of ether oxygens (including phenoxy) is 1. The first-order chi connectivity index (χ1) is 10.2. The van der Waals surface area contributed by atoms with Gasteiger partial charge in [-0.05, 0) is 48.9 Å². The van der Waals surface area contributed by atoms with E-state index in [1.807, 2.05) is 12.4 Å². The summed E-state index contributed by atoms with van der Waals surface area (Å²) < 4.78 is 4.99. The summed E-state index contributed by atoms with van der Waals surface area (Å²) in [4.78, 5) is 9.98. The Balaban J connectivity index is 1.91. The number of hydrogen-bond acceptors (Lipinski definition) is 5. The third-order valence-corrected chi connectivity index (χ3v) is 4.06. The van der Waals surface area contributed by atoms with Crippen molar-refractivity contribution in [3.8, 4) is 0 Å².